The quantitative estimate of drug-likeness (QED) is 0.482. The molecule has 0 saturated carbocycles. The van der Waals surface area contributed by atoms with Crippen LogP contribution in [0.25, 0.3) is 0 Å². The van der Waals surface area contributed by atoms with Gasteiger partial charge in [-0.25, -0.2) is 0 Å². The van der Waals surface area contributed by atoms with E-state index in [1.54, 1.807) is 0 Å². The molecule has 0 aromatic heterocycles. The van der Waals surface area contributed by atoms with Crippen molar-refractivity contribution in [3.05, 3.63) is 72.8 Å². The van der Waals surface area contributed by atoms with Crippen molar-refractivity contribution < 1.29 is 14.2 Å². The molecule has 0 unspecified atom stereocenters. The van der Waals surface area contributed by atoms with Crippen LogP contribution in [-0.4, -0.2) is 34.2 Å². The Balaban J connectivity index is 2.25. The summed E-state index contributed by atoms with van der Waals surface area (Å²) < 4.78 is 21.9. The number of hydrogen-bond acceptors (Lipinski definition) is 3. The van der Waals surface area contributed by atoms with Crippen molar-refractivity contribution in [3.63, 3.8) is 0 Å². The Bertz CT molecular complexity index is 777. The Kier molecular flexibility index (Phi) is 7.43. The fourth-order valence-electron chi connectivity index (χ4n) is 3.52. The summed E-state index contributed by atoms with van der Waals surface area (Å²) in [6, 6.07) is 25.3. The van der Waals surface area contributed by atoms with Crippen LogP contribution in [0.3, 0.4) is 0 Å². The average molecular weight is 437 g/mol. The summed E-state index contributed by atoms with van der Waals surface area (Å²) in [4.78, 5) is 0. The van der Waals surface area contributed by atoms with Crippen molar-refractivity contribution >= 4 is 27.5 Å². The van der Waals surface area contributed by atoms with Crippen LogP contribution in [0.2, 0.25) is 0 Å². The first-order valence-corrected chi connectivity index (χ1v) is 13.6. The van der Waals surface area contributed by atoms with Gasteiger partial charge in [-0.15, -0.1) is 0 Å². The van der Waals surface area contributed by atoms with E-state index in [4.69, 9.17) is 14.2 Å². The number of rotatable bonds is 9. The molecule has 0 N–H and O–H groups in total. The minimum atomic E-state index is -2.54. The summed E-state index contributed by atoms with van der Waals surface area (Å²) in [5.41, 5.74) is 0. The molecule has 3 nitrogen and oxygen atoms in total. The van der Waals surface area contributed by atoms with Crippen LogP contribution in [0, 0.1) is 0 Å². The van der Waals surface area contributed by atoms with Gasteiger partial charge in [0.15, 0.2) is 0 Å². The van der Waals surface area contributed by atoms with Crippen LogP contribution >= 0.6 is 0 Å². The second-order valence-corrected chi connectivity index (χ2v) is 12.1. The number of ether oxygens (including phenoxy) is 3. The van der Waals surface area contributed by atoms with Crippen molar-refractivity contribution in [1.82, 2.24) is 0 Å². The zero-order valence-electron chi connectivity index (χ0n) is 16.9. The first-order chi connectivity index (χ1) is 13.8. The summed E-state index contributed by atoms with van der Waals surface area (Å²) in [6.45, 7) is 8.02. The topological polar surface area (TPSA) is 27.7 Å². The van der Waals surface area contributed by atoms with Crippen molar-refractivity contribution in [2.75, 3.05) is 19.8 Å². The average Bonchev–Trinajstić information content (AvgIpc) is 2.72. The van der Waals surface area contributed by atoms with E-state index < -0.39 is 14.3 Å². The van der Waals surface area contributed by atoms with E-state index in [1.165, 1.54) is 13.2 Å². The SMILES string of the molecule is CCOc1cccc[c]1[GeH]([c]1ccccc1OCC)[c]1ccccc1OCC. The van der Waals surface area contributed by atoms with Crippen molar-refractivity contribution in [3.8, 4) is 17.2 Å². The Morgan fingerprint density at radius 2 is 0.786 bits per heavy atom. The number of benzene rings is 3. The summed E-state index contributed by atoms with van der Waals surface area (Å²) in [5, 5.41) is 0. The summed E-state index contributed by atoms with van der Waals surface area (Å²) >= 11 is -2.54. The van der Waals surface area contributed by atoms with Crippen molar-refractivity contribution in [1.29, 1.82) is 0 Å². The van der Waals surface area contributed by atoms with Gasteiger partial charge in [0.2, 0.25) is 0 Å². The van der Waals surface area contributed by atoms with Crippen LogP contribution in [-0.2, 0) is 0 Å². The standard InChI is InChI=1S/C24H28GeO3/c1-4-26-22-16-10-7-13-19(22)25(20-14-8-11-17-23(20)27-5-2)21-15-9-12-18-24(21)28-6-3/h7-18,25H,4-6H2,1-3H3. The fourth-order valence-corrected chi connectivity index (χ4v) is 10.5. The molecule has 0 fully saturated rings. The molecule has 0 aliphatic rings. The van der Waals surface area contributed by atoms with Gasteiger partial charge in [0.05, 0.1) is 0 Å². The van der Waals surface area contributed by atoms with E-state index in [-0.39, 0.29) is 0 Å². The van der Waals surface area contributed by atoms with Gasteiger partial charge in [-0.05, 0) is 0 Å². The van der Waals surface area contributed by atoms with Crippen LogP contribution in [0.5, 0.6) is 17.2 Å². The molecule has 0 saturated heterocycles. The second-order valence-electron chi connectivity index (χ2n) is 6.35. The third-order valence-corrected chi connectivity index (χ3v) is 11.5. The minimum absolute atomic E-state index is 0.645. The molecule has 3 rings (SSSR count). The molecule has 0 spiro atoms. The molecule has 28 heavy (non-hydrogen) atoms. The van der Waals surface area contributed by atoms with E-state index in [9.17, 15) is 0 Å². The Morgan fingerprint density at radius 3 is 1.07 bits per heavy atom. The third kappa shape index (κ3) is 4.53. The first kappa shape index (κ1) is 20.3. The monoisotopic (exact) mass is 438 g/mol. The Morgan fingerprint density at radius 1 is 0.500 bits per heavy atom. The van der Waals surface area contributed by atoms with Gasteiger partial charge in [-0.1, -0.05) is 0 Å². The fraction of sp³-hybridized carbons (Fsp3) is 0.250. The molecule has 146 valence electrons. The molecule has 0 heterocycles. The zero-order chi connectivity index (χ0) is 19.8. The normalized spacial score (nSPS) is 10.7. The molecular weight excluding hydrogens is 409 g/mol. The van der Waals surface area contributed by atoms with Crippen LogP contribution in [0.15, 0.2) is 72.8 Å². The molecule has 4 heteroatoms. The summed E-state index contributed by atoms with van der Waals surface area (Å²) in [7, 11) is 0. The summed E-state index contributed by atoms with van der Waals surface area (Å²) in [6.07, 6.45) is 0. The van der Waals surface area contributed by atoms with Gasteiger partial charge in [0.1, 0.15) is 0 Å². The van der Waals surface area contributed by atoms with E-state index in [2.05, 4.69) is 54.6 Å². The molecule has 3 aromatic rings. The van der Waals surface area contributed by atoms with E-state index in [0.29, 0.717) is 19.8 Å². The van der Waals surface area contributed by atoms with Gasteiger partial charge >= 0.3 is 172 Å². The van der Waals surface area contributed by atoms with E-state index in [1.807, 2.05) is 39.0 Å². The van der Waals surface area contributed by atoms with Crippen LogP contribution < -0.4 is 27.4 Å². The predicted octanol–water partition coefficient (Wildman–Crippen LogP) is 3.13. The van der Waals surface area contributed by atoms with E-state index in [0.717, 1.165) is 17.2 Å². The third-order valence-electron chi connectivity index (χ3n) is 4.59. The van der Waals surface area contributed by atoms with Crippen molar-refractivity contribution in [2.45, 2.75) is 20.8 Å². The Labute approximate surface area is 172 Å². The van der Waals surface area contributed by atoms with Gasteiger partial charge < -0.3 is 0 Å². The maximum absolute atomic E-state index is 6.03. The van der Waals surface area contributed by atoms with Gasteiger partial charge in [0.25, 0.3) is 0 Å². The Hall–Kier alpha value is -2.40. The zero-order valence-corrected chi connectivity index (χ0v) is 19.3. The summed E-state index contributed by atoms with van der Waals surface area (Å²) in [5.74, 6) is 2.90. The van der Waals surface area contributed by atoms with Gasteiger partial charge in [-0.3, -0.25) is 0 Å². The molecule has 0 aliphatic heterocycles. The van der Waals surface area contributed by atoms with Gasteiger partial charge in [0, 0.05) is 0 Å². The molecule has 3 aromatic carbocycles. The number of hydrogen-bond donors (Lipinski definition) is 0. The molecule has 0 radical (unpaired) electrons. The molecule has 0 aliphatic carbocycles. The van der Waals surface area contributed by atoms with Gasteiger partial charge in [-0.2, -0.15) is 0 Å². The second kappa shape index (κ2) is 10.2. The van der Waals surface area contributed by atoms with Crippen molar-refractivity contribution in [2.24, 2.45) is 0 Å². The molecule has 0 amide bonds. The molecular formula is C24H28GeO3. The first-order valence-electron chi connectivity index (χ1n) is 9.95. The maximum atomic E-state index is 6.03. The molecule has 0 bridgehead atoms. The van der Waals surface area contributed by atoms with E-state index >= 15 is 0 Å². The number of para-hydroxylation sites is 3. The predicted molar refractivity (Wildman–Crippen MR) is 119 cm³/mol. The van der Waals surface area contributed by atoms with Crippen LogP contribution in [0.4, 0.5) is 0 Å². The van der Waals surface area contributed by atoms with Crippen LogP contribution in [0.1, 0.15) is 20.8 Å². The molecule has 0 atom stereocenters.